The molecule has 0 saturated heterocycles. The van der Waals surface area contributed by atoms with Gasteiger partial charge in [0.2, 0.25) is 5.88 Å². The molecule has 1 atom stereocenters. The molecule has 1 aliphatic carbocycles. The maximum atomic E-state index is 6.29. The zero-order valence-corrected chi connectivity index (χ0v) is 11.9. The third kappa shape index (κ3) is 2.23. The number of nitrogens with zero attached hydrogens (tertiary/aromatic N) is 2. The highest BCUT2D eigenvalue weighted by atomic mass is 35.5. The molecule has 3 nitrogen and oxygen atoms in total. The molecule has 0 radical (unpaired) electrons. The highest BCUT2D eigenvalue weighted by molar-refractivity contribution is 6.31. The van der Waals surface area contributed by atoms with E-state index in [2.05, 4.69) is 11.2 Å². The minimum atomic E-state index is 0.446. The number of aromatic nitrogens is 1. The summed E-state index contributed by atoms with van der Waals surface area (Å²) in [5, 5.41) is 5.08. The van der Waals surface area contributed by atoms with Gasteiger partial charge in [0.1, 0.15) is 0 Å². The lowest BCUT2D eigenvalue weighted by atomic mass is 9.83. The monoisotopic (exact) mass is 276 g/mol. The van der Waals surface area contributed by atoms with Gasteiger partial charge in [0.15, 0.2) is 0 Å². The van der Waals surface area contributed by atoms with Crippen molar-refractivity contribution >= 4 is 17.5 Å². The van der Waals surface area contributed by atoms with Crippen LogP contribution in [0.3, 0.4) is 0 Å². The molecule has 1 aromatic carbocycles. The Morgan fingerprint density at radius 1 is 1.32 bits per heavy atom. The fourth-order valence-corrected chi connectivity index (χ4v) is 3.11. The quantitative estimate of drug-likeness (QED) is 0.838. The molecule has 0 saturated carbocycles. The van der Waals surface area contributed by atoms with Gasteiger partial charge in [-0.1, -0.05) is 35.0 Å². The molecule has 2 aromatic rings. The molecule has 0 N–H and O–H groups in total. The van der Waals surface area contributed by atoms with Crippen LogP contribution in [-0.4, -0.2) is 19.3 Å². The Morgan fingerprint density at radius 3 is 2.84 bits per heavy atom. The van der Waals surface area contributed by atoms with Crippen molar-refractivity contribution in [2.45, 2.75) is 25.2 Å². The first-order valence-electron chi connectivity index (χ1n) is 6.56. The lowest BCUT2D eigenvalue weighted by molar-refractivity contribution is 0.413. The van der Waals surface area contributed by atoms with E-state index in [0.717, 1.165) is 35.9 Å². The predicted octanol–water partition coefficient (Wildman–Crippen LogP) is 3.67. The summed E-state index contributed by atoms with van der Waals surface area (Å²) < 4.78 is 5.44. The summed E-state index contributed by atoms with van der Waals surface area (Å²) in [5.74, 6) is 1.34. The third-order valence-corrected chi connectivity index (χ3v) is 4.13. The number of benzene rings is 1. The highest BCUT2D eigenvalue weighted by Gasteiger charge is 2.27. The van der Waals surface area contributed by atoms with Gasteiger partial charge in [-0.25, -0.2) is 0 Å². The molecular formula is C15H17ClN2O. The number of halogens is 1. The molecule has 3 rings (SSSR count). The van der Waals surface area contributed by atoms with Crippen molar-refractivity contribution in [1.82, 2.24) is 5.16 Å². The topological polar surface area (TPSA) is 29.3 Å². The Bertz CT molecular complexity index is 592. The molecular weight excluding hydrogens is 260 g/mol. The molecule has 0 bridgehead atoms. The average Bonchev–Trinajstić information content (AvgIpc) is 2.82. The Kier molecular flexibility index (Phi) is 3.23. The van der Waals surface area contributed by atoms with Crippen LogP contribution in [0.2, 0.25) is 5.02 Å². The normalized spacial score (nSPS) is 18.2. The lowest BCUT2D eigenvalue weighted by Crippen LogP contribution is -2.15. The minimum Gasteiger partial charge on any atom is -0.347 e. The molecule has 1 aromatic heterocycles. The SMILES string of the molecule is CN(C)c1onc2c1CCC(c1ccccc1Cl)C2. The van der Waals surface area contributed by atoms with Crippen LogP contribution in [0.5, 0.6) is 0 Å². The first-order valence-corrected chi connectivity index (χ1v) is 6.93. The molecule has 19 heavy (non-hydrogen) atoms. The van der Waals surface area contributed by atoms with Crippen molar-refractivity contribution in [2.24, 2.45) is 0 Å². The van der Waals surface area contributed by atoms with Crippen LogP contribution in [0.4, 0.5) is 5.88 Å². The molecule has 100 valence electrons. The summed E-state index contributed by atoms with van der Waals surface area (Å²) in [6.07, 6.45) is 3.01. The molecule has 0 amide bonds. The summed E-state index contributed by atoms with van der Waals surface area (Å²) in [5.41, 5.74) is 3.57. The average molecular weight is 277 g/mol. The fourth-order valence-electron chi connectivity index (χ4n) is 2.82. The van der Waals surface area contributed by atoms with Crippen molar-refractivity contribution in [3.63, 3.8) is 0 Å². The van der Waals surface area contributed by atoms with Crippen molar-refractivity contribution in [2.75, 3.05) is 19.0 Å². The largest absolute Gasteiger partial charge is 0.347 e. The smallest absolute Gasteiger partial charge is 0.230 e. The molecule has 0 aliphatic heterocycles. The van der Waals surface area contributed by atoms with E-state index in [-0.39, 0.29) is 0 Å². The van der Waals surface area contributed by atoms with Crippen LogP contribution in [0, 0.1) is 0 Å². The van der Waals surface area contributed by atoms with Gasteiger partial charge in [-0.3, -0.25) is 0 Å². The molecule has 1 unspecified atom stereocenters. The number of rotatable bonds is 2. The van der Waals surface area contributed by atoms with Crippen LogP contribution in [0.25, 0.3) is 0 Å². The summed E-state index contributed by atoms with van der Waals surface area (Å²) in [7, 11) is 3.97. The first kappa shape index (κ1) is 12.5. The Balaban J connectivity index is 1.89. The number of anilines is 1. The van der Waals surface area contributed by atoms with Crippen molar-refractivity contribution in [1.29, 1.82) is 0 Å². The van der Waals surface area contributed by atoms with Gasteiger partial charge in [0, 0.05) is 31.1 Å². The van der Waals surface area contributed by atoms with Gasteiger partial charge in [0.25, 0.3) is 0 Å². The zero-order chi connectivity index (χ0) is 13.4. The van der Waals surface area contributed by atoms with Crippen LogP contribution in [0.15, 0.2) is 28.8 Å². The third-order valence-electron chi connectivity index (χ3n) is 3.78. The number of hydrogen-bond donors (Lipinski definition) is 0. The predicted molar refractivity (Wildman–Crippen MR) is 77.0 cm³/mol. The maximum absolute atomic E-state index is 6.29. The van der Waals surface area contributed by atoms with E-state index in [1.807, 2.05) is 37.2 Å². The summed E-state index contributed by atoms with van der Waals surface area (Å²) in [6, 6.07) is 8.09. The van der Waals surface area contributed by atoms with E-state index in [1.165, 1.54) is 11.1 Å². The number of fused-ring (bicyclic) bond motifs is 1. The van der Waals surface area contributed by atoms with Gasteiger partial charge < -0.3 is 9.42 Å². The molecule has 0 spiro atoms. The van der Waals surface area contributed by atoms with Crippen LogP contribution >= 0.6 is 11.6 Å². The van der Waals surface area contributed by atoms with Crippen molar-refractivity contribution in [3.8, 4) is 0 Å². The highest BCUT2D eigenvalue weighted by Crippen LogP contribution is 2.38. The minimum absolute atomic E-state index is 0.446. The summed E-state index contributed by atoms with van der Waals surface area (Å²) >= 11 is 6.29. The second-order valence-electron chi connectivity index (χ2n) is 5.27. The molecule has 4 heteroatoms. The lowest BCUT2D eigenvalue weighted by Gasteiger charge is -2.23. The van der Waals surface area contributed by atoms with Crippen molar-refractivity contribution in [3.05, 3.63) is 46.1 Å². The van der Waals surface area contributed by atoms with Crippen LogP contribution in [0.1, 0.15) is 29.2 Å². The van der Waals surface area contributed by atoms with E-state index >= 15 is 0 Å². The van der Waals surface area contributed by atoms with Crippen molar-refractivity contribution < 1.29 is 4.52 Å². The standard InChI is InChI=1S/C15H17ClN2O/c1-18(2)15-12-8-7-10(9-14(12)17-19-15)11-5-3-4-6-13(11)16/h3-6,10H,7-9H2,1-2H3. The molecule has 1 aliphatic rings. The van der Waals surface area contributed by atoms with E-state index in [9.17, 15) is 0 Å². The Hall–Kier alpha value is -1.48. The Morgan fingerprint density at radius 2 is 2.11 bits per heavy atom. The Labute approximate surface area is 118 Å². The summed E-state index contributed by atoms with van der Waals surface area (Å²) in [6.45, 7) is 0. The zero-order valence-electron chi connectivity index (χ0n) is 11.2. The second kappa shape index (κ2) is 4.89. The van der Waals surface area contributed by atoms with E-state index in [1.54, 1.807) is 0 Å². The van der Waals surface area contributed by atoms with E-state index in [0.29, 0.717) is 5.92 Å². The fraction of sp³-hybridized carbons (Fsp3) is 0.400. The second-order valence-corrected chi connectivity index (χ2v) is 5.68. The van der Waals surface area contributed by atoms with Gasteiger partial charge >= 0.3 is 0 Å². The van der Waals surface area contributed by atoms with Crippen LogP contribution in [-0.2, 0) is 12.8 Å². The van der Waals surface area contributed by atoms with E-state index in [4.69, 9.17) is 16.1 Å². The van der Waals surface area contributed by atoms with Crippen LogP contribution < -0.4 is 4.90 Å². The van der Waals surface area contributed by atoms with E-state index < -0.39 is 0 Å². The molecule has 0 fully saturated rings. The maximum Gasteiger partial charge on any atom is 0.230 e. The molecule has 1 heterocycles. The van der Waals surface area contributed by atoms with Gasteiger partial charge in [-0.05, 0) is 30.4 Å². The van der Waals surface area contributed by atoms with Gasteiger partial charge in [0.05, 0.1) is 5.69 Å². The van der Waals surface area contributed by atoms with Gasteiger partial charge in [-0.2, -0.15) is 0 Å². The van der Waals surface area contributed by atoms with Gasteiger partial charge in [-0.15, -0.1) is 0 Å². The number of hydrogen-bond acceptors (Lipinski definition) is 3. The first-order chi connectivity index (χ1) is 9.16. The summed E-state index contributed by atoms with van der Waals surface area (Å²) in [4.78, 5) is 1.99.